The Bertz CT molecular complexity index is 1240. The molecule has 3 aromatic rings. The Kier molecular flexibility index (Phi) is 6.92. The zero-order valence-electron chi connectivity index (χ0n) is 18.7. The minimum atomic E-state index is -3.53. The van der Waals surface area contributed by atoms with E-state index in [-0.39, 0.29) is 10.7 Å². The number of hydrogen-bond acceptors (Lipinski definition) is 5. The molecule has 2 aromatic heterocycles. The van der Waals surface area contributed by atoms with Crippen molar-refractivity contribution in [3.8, 4) is 0 Å². The molecular weight excluding hydrogens is 464 g/mol. The summed E-state index contributed by atoms with van der Waals surface area (Å²) in [6, 6.07) is 9.53. The van der Waals surface area contributed by atoms with Gasteiger partial charge < -0.3 is 9.73 Å². The maximum Gasteiger partial charge on any atom is 0.291 e. The van der Waals surface area contributed by atoms with Crippen molar-refractivity contribution >= 4 is 33.2 Å². The third-order valence-corrected chi connectivity index (χ3v) is 8.26. The molecule has 1 amide bonds. The van der Waals surface area contributed by atoms with Crippen LogP contribution in [0.3, 0.4) is 0 Å². The molecule has 8 nitrogen and oxygen atoms in total. The van der Waals surface area contributed by atoms with Gasteiger partial charge in [-0.1, -0.05) is 24.4 Å². The Morgan fingerprint density at radius 3 is 2.33 bits per heavy atom. The lowest BCUT2D eigenvalue weighted by molar-refractivity contribution is 0.0994. The van der Waals surface area contributed by atoms with E-state index in [2.05, 4.69) is 10.4 Å². The number of amides is 1. The van der Waals surface area contributed by atoms with Crippen molar-refractivity contribution in [1.82, 2.24) is 14.1 Å². The molecule has 0 aliphatic carbocycles. The molecule has 4 rings (SSSR count). The fraction of sp³-hybridized carbons (Fsp3) is 0.391. The van der Waals surface area contributed by atoms with Gasteiger partial charge in [0.15, 0.2) is 5.76 Å². The van der Waals surface area contributed by atoms with Crippen molar-refractivity contribution in [2.75, 3.05) is 18.4 Å². The topological polar surface area (TPSA) is 97.4 Å². The lowest BCUT2D eigenvalue weighted by Gasteiger charge is -2.20. The number of aromatic nitrogens is 2. The predicted octanol–water partition coefficient (Wildman–Crippen LogP) is 4.61. The standard InChI is InChI=1S/C23H27ClN4O4S/c1-16-22(24)17(2)28(26-16)15-19-9-12-21(32-19)23(29)25-18-7-10-20(11-8-18)33(30,31)27-13-5-3-4-6-14-27/h7-12H,3-6,13-15H2,1-2H3,(H,25,29). The average Bonchev–Trinajstić information content (AvgIpc) is 3.21. The quantitative estimate of drug-likeness (QED) is 0.544. The Labute approximate surface area is 198 Å². The maximum absolute atomic E-state index is 12.9. The lowest BCUT2D eigenvalue weighted by Crippen LogP contribution is -2.31. The summed E-state index contributed by atoms with van der Waals surface area (Å²) in [5.74, 6) is 0.302. The van der Waals surface area contributed by atoms with E-state index in [1.54, 1.807) is 33.3 Å². The molecule has 0 saturated carbocycles. The van der Waals surface area contributed by atoms with Crippen LogP contribution in [0.2, 0.25) is 5.02 Å². The first-order valence-electron chi connectivity index (χ1n) is 11.0. The number of benzene rings is 1. The highest BCUT2D eigenvalue weighted by Crippen LogP contribution is 2.23. The first kappa shape index (κ1) is 23.5. The van der Waals surface area contributed by atoms with Crippen molar-refractivity contribution in [1.29, 1.82) is 0 Å². The number of hydrogen-bond donors (Lipinski definition) is 1. The summed E-state index contributed by atoms with van der Waals surface area (Å²) < 4.78 is 34.8. The third kappa shape index (κ3) is 5.15. The number of carbonyl (C=O) groups excluding carboxylic acids is 1. The van der Waals surface area contributed by atoms with Crippen LogP contribution < -0.4 is 5.32 Å². The molecule has 10 heteroatoms. The van der Waals surface area contributed by atoms with Crippen molar-refractivity contribution in [3.05, 3.63) is 64.3 Å². The summed E-state index contributed by atoms with van der Waals surface area (Å²) in [5, 5.41) is 7.72. The van der Waals surface area contributed by atoms with Gasteiger partial charge in [0.2, 0.25) is 10.0 Å². The van der Waals surface area contributed by atoms with Crippen molar-refractivity contribution in [2.45, 2.75) is 51.0 Å². The van der Waals surface area contributed by atoms with Crippen molar-refractivity contribution in [3.63, 3.8) is 0 Å². The Hall–Kier alpha value is -2.62. The predicted molar refractivity (Wildman–Crippen MR) is 126 cm³/mol. The summed E-state index contributed by atoms with van der Waals surface area (Å²) >= 11 is 6.18. The molecule has 0 unspecified atom stereocenters. The molecule has 1 aromatic carbocycles. The van der Waals surface area contributed by atoms with E-state index in [1.807, 2.05) is 13.8 Å². The van der Waals surface area contributed by atoms with Gasteiger partial charge in [0.1, 0.15) is 5.76 Å². The summed E-state index contributed by atoms with van der Waals surface area (Å²) in [6.07, 6.45) is 3.87. The van der Waals surface area contributed by atoms with Gasteiger partial charge in [-0.3, -0.25) is 9.48 Å². The van der Waals surface area contributed by atoms with Crippen LogP contribution in [0.1, 0.15) is 53.4 Å². The molecule has 0 radical (unpaired) electrons. The summed E-state index contributed by atoms with van der Waals surface area (Å²) in [5.41, 5.74) is 2.05. The second-order valence-electron chi connectivity index (χ2n) is 8.21. The largest absolute Gasteiger partial charge is 0.454 e. The number of aryl methyl sites for hydroxylation is 1. The number of carbonyl (C=O) groups is 1. The molecular formula is C23H27ClN4O4S. The number of halogens is 1. The van der Waals surface area contributed by atoms with Gasteiger partial charge in [0.05, 0.1) is 27.9 Å². The van der Waals surface area contributed by atoms with Crippen LogP contribution in [0.4, 0.5) is 5.69 Å². The van der Waals surface area contributed by atoms with Crippen molar-refractivity contribution in [2.24, 2.45) is 0 Å². The summed E-state index contributed by atoms with van der Waals surface area (Å²) in [6.45, 7) is 5.15. The fourth-order valence-corrected chi connectivity index (χ4v) is 5.55. The zero-order valence-corrected chi connectivity index (χ0v) is 20.2. The highest BCUT2D eigenvalue weighted by atomic mass is 35.5. The van der Waals surface area contributed by atoms with Gasteiger partial charge in [0, 0.05) is 18.8 Å². The Morgan fingerprint density at radius 1 is 1.06 bits per heavy atom. The second kappa shape index (κ2) is 9.70. The lowest BCUT2D eigenvalue weighted by atomic mass is 10.2. The van der Waals surface area contributed by atoms with E-state index in [4.69, 9.17) is 16.0 Å². The molecule has 0 spiro atoms. The van der Waals surface area contributed by atoms with Crippen LogP contribution in [0.5, 0.6) is 0 Å². The first-order valence-corrected chi connectivity index (χ1v) is 12.8. The third-order valence-electron chi connectivity index (χ3n) is 5.80. The Morgan fingerprint density at radius 2 is 1.73 bits per heavy atom. The maximum atomic E-state index is 12.9. The van der Waals surface area contributed by atoms with E-state index < -0.39 is 15.9 Å². The molecule has 0 bridgehead atoms. The molecule has 3 heterocycles. The molecule has 1 N–H and O–H groups in total. The number of sulfonamides is 1. The monoisotopic (exact) mass is 490 g/mol. The molecule has 176 valence electrons. The minimum absolute atomic E-state index is 0.152. The SMILES string of the molecule is Cc1nn(Cc2ccc(C(=O)Nc3ccc(S(=O)(=O)N4CCCCCC4)cc3)o2)c(C)c1Cl. The van der Waals surface area contributed by atoms with Crippen molar-refractivity contribution < 1.29 is 17.6 Å². The fourth-order valence-electron chi connectivity index (χ4n) is 3.90. The van der Waals surface area contributed by atoms with Gasteiger partial charge in [-0.2, -0.15) is 9.40 Å². The average molecular weight is 491 g/mol. The van der Waals surface area contributed by atoms with E-state index in [9.17, 15) is 13.2 Å². The number of nitrogens with zero attached hydrogens (tertiary/aromatic N) is 3. The van der Waals surface area contributed by atoms with Gasteiger partial charge in [-0.25, -0.2) is 8.42 Å². The van der Waals surface area contributed by atoms with E-state index in [0.29, 0.717) is 36.1 Å². The molecule has 0 atom stereocenters. The highest BCUT2D eigenvalue weighted by molar-refractivity contribution is 7.89. The van der Waals surface area contributed by atoms with Crippen LogP contribution in [0.15, 0.2) is 45.7 Å². The minimum Gasteiger partial charge on any atom is -0.454 e. The first-order chi connectivity index (χ1) is 15.8. The van der Waals surface area contributed by atoms with Crippen LogP contribution in [0, 0.1) is 13.8 Å². The van der Waals surface area contributed by atoms with E-state index >= 15 is 0 Å². The van der Waals surface area contributed by atoms with Gasteiger partial charge in [0.25, 0.3) is 5.91 Å². The van der Waals surface area contributed by atoms with Crippen LogP contribution in [0.25, 0.3) is 0 Å². The zero-order chi connectivity index (χ0) is 23.6. The summed E-state index contributed by atoms with van der Waals surface area (Å²) in [4.78, 5) is 12.8. The van der Waals surface area contributed by atoms with E-state index in [1.165, 1.54) is 12.1 Å². The van der Waals surface area contributed by atoms with Crippen LogP contribution in [-0.4, -0.2) is 41.5 Å². The highest BCUT2D eigenvalue weighted by Gasteiger charge is 2.25. The molecule has 1 aliphatic heterocycles. The van der Waals surface area contributed by atoms with Crippen LogP contribution in [-0.2, 0) is 16.6 Å². The molecule has 1 saturated heterocycles. The summed E-state index contributed by atoms with van der Waals surface area (Å²) in [7, 11) is -3.53. The molecule has 33 heavy (non-hydrogen) atoms. The second-order valence-corrected chi connectivity index (χ2v) is 10.5. The number of anilines is 1. The molecule has 1 aliphatic rings. The normalized spacial score (nSPS) is 15.4. The number of rotatable bonds is 6. The van der Waals surface area contributed by atoms with E-state index in [0.717, 1.165) is 37.1 Å². The van der Waals surface area contributed by atoms with Gasteiger partial charge in [-0.05, 0) is 63.1 Å². The van der Waals surface area contributed by atoms with Crippen LogP contribution >= 0.6 is 11.6 Å². The van der Waals surface area contributed by atoms with Gasteiger partial charge in [-0.15, -0.1) is 0 Å². The number of furan rings is 1. The Balaban J connectivity index is 1.41. The smallest absolute Gasteiger partial charge is 0.291 e. The molecule has 1 fully saturated rings. The number of nitrogens with one attached hydrogen (secondary N) is 1. The van der Waals surface area contributed by atoms with Gasteiger partial charge >= 0.3 is 0 Å².